The smallest absolute Gasteiger partial charge is 0.236 e. The third kappa shape index (κ3) is 1.69. The Bertz CT molecular complexity index is 1070. The van der Waals surface area contributed by atoms with Gasteiger partial charge in [0.05, 0.1) is 25.0 Å². The minimum Gasteiger partial charge on any atom is -0.497 e. The minimum atomic E-state index is -0.217. The van der Waals surface area contributed by atoms with Crippen LogP contribution in [0.3, 0.4) is 0 Å². The Balaban J connectivity index is 2.17. The molecule has 0 bridgehead atoms. The van der Waals surface area contributed by atoms with E-state index in [4.69, 9.17) is 18.3 Å². The van der Waals surface area contributed by atoms with Crippen LogP contribution in [0.5, 0.6) is 11.5 Å². The largest absolute Gasteiger partial charge is 0.497 e. The normalized spacial score (nSPS) is 11.4. The molecule has 0 aliphatic rings. The summed E-state index contributed by atoms with van der Waals surface area (Å²) in [6.07, 6.45) is 0. The van der Waals surface area contributed by atoms with Gasteiger partial charge in [0.25, 0.3) is 0 Å². The molecule has 0 N–H and O–H groups in total. The zero-order valence-corrected chi connectivity index (χ0v) is 12.0. The summed E-state index contributed by atoms with van der Waals surface area (Å²) in [4.78, 5) is 12.6. The maximum Gasteiger partial charge on any atom is 0.236 e. The van der Waals surface area contributed by atoms with Gasteiger partial charge in [-0.1, -0.05) is 0 Å². The molecule has 2 heterocycles. The molecule has 0 saturated carbocycles. The van der Waals surface area contributed by atoms with Gasteiger partial charge in [-0.25, -0.2) is 0 Å². The molecule has 4 rings (SSSR count). The fourth-order valence-corrected chi connectivity index (χ4v) is 2.57. The fourth-order valence-electron chi connectivity index (χ4n) is 2.57. The summed E-state index contributed by atoms with van der Waals surface area (Å²) in [5, 5.41) is 1.14. The first kappa shape index (κ1) is 12.8. The van der Waals surface area contributed by atoms with E-state index in [-0.39, 0.29) is 11.0 Å². The maximum atomic E-state index is 12.6. The number of rotatable bonds is 2. The van der Waals surface area contributed by atoms with Crippen molar-refractivity contribution in [3.8, 4) is 11.5 Å². The lowest BCUT2D eigenvalue weighted by Gasteiger charge is -2.01. The second-order valence-electron chi connectivity index (χ2n) is 4.92. The molecule has 0 aliphatic heterocycles. The van der Waals surface area contributed by atoms with Gasteiger partial charge in [0, 0.05) is 0 Å². The van der Waals surface area contributed by atoms with Crippen LogP contribution in [0, 0.1) is 0 Å². The van der Waals surface area contributed by atoms with Crippen LogP contribution in [-0.4, -0.2) is 14.2 Å². The number of methoxy groups -OCH3 is 2. The van der Waals surface area contributed by atoms with Crippen LogP contribution < -0.4 is 14.9 Å². The van der Waals surface area contributed by atoms with E-state index in [9.17, 15) is 4.79 Å². The fraction of sp³-hybridized carbons (Fsp3) is 0.118. The predicted molar refractivity (Wildman–Crippen MR) is 82.9 cm³/mol. The van der Waals surface area contributed by atoms with Gasteiger partial charge in [0.2, 0.25) is 11.0 Å². The first-order valence-corrected chi connectivity index (χ1v) is 6.72. The summed E-state index contributed by atoms with van der Waals surface area (Å²) in [7, 11) is 3.13. The average molecular weight is 296 g/mol. The molecule has 0 unspecified atom stereocenters. The van der Waals surface area contributed by atoms with Crippen LogP contribution in [0.1, 0.15) is 0 Å². The zero-order chi connectivity index (χ0) is 15.3. The van der Waals surface area contributed by atoms with Crippen molar-refractivity contribution >= 4 is 33.1 Å². The summed E-state index contributed by atoms with van der Waals surface area (Å²) < 4.78 is 21.9. The summed E-state index contributed by atoms with van der Waals surface area (Å²) in [6.45, 7) is 0. The summed E-state index contributed by atoms with van der Waals surface area (Å²) in [6, 6.07) is 10.4. The maximum absolute atomic E-state index is 12.6. The highest BCUT2D eigenvalue weighted by Crippen LogP contribution is 2.32. The Morgan fingerprint density at radius 3 is 1.95 bits per heavy atom. The van der Waals surface area contributed by atoms with Crippen molar-refractivity contribution in [2.75, 3.05) is 14.2 Å². The second-order valence-corrected chi connectivity index (χ2v) is 4.92. The Kier molecular flexibility index (Phi) is 2.63. The molecular weight excluding hydrogens is 284 g/mol. The van der Waals surface area contributed by atoms with Crippen LogP contribution in [0.2, 0.25) is 0 Å². The third-order valence-corrected chi connectivity index (χ3v) is 3.70. The molecule has 0 aliphatic carbocycles. The Morgan fingerprint density at radius 2 is 1.32 bits per heavy atom. The molecule has 0 radical (unpaired) electrons. The van der Waals surface area contributed by atoms with Gasteiger partial charge in [-0.05, 0) is 36.4 Å². The molecule has 2 aromatic carbocycles. The summed E-state index contributed by atoms with van der Waals surface area (Å²) in [5.74, 6) is 1.27. The van der Waals surface area contributed by atoms with Gasteiger partial charge in [-0.2, -0.15) is 0 Å². The number of fused-ring (bicyclic) bond motifs is 4. The Labute approximate surface area is 124 Å². The van der Waals surface area contributed by atoms with Crippen molar-refractivity contribution in [1.82, 2.24) is 0 Å². The quantitative estimate of drug-likeness (QED) is 0.564. The van der Waals surface area contributed by atoms with Gasteiger partial charge < -0.3 is 18.3 Å². The van der Waals surface area contributed by atoms with Crippen molar-refractivity contribution in [1.29, 1.82) is 0 Å². The molecule has 0 atom stereocenters. The van der Waals surface area contributed by atoms with Crippen LogP contribution in [0.25, 0.3) is 33.1 Å². The molecular formula is C17H12O5. The van der Waals surface area contributed by atoms with E-state index >= 15 is 0 Å². The van der Waals surface area contributed by atoms with Crippen LogP contribution in [0.4, 0.5) is 0 Å². The predicted octanol–water partition coefficient (Wildman–Crippen LogP) is 3.71. The van der Waals surface area contributed by atoms with Crippen molar-refractivity contribution in [2.45, 2.75) is 0 Å². The lowest BCUT2D eigenvalue weighted by molar-refractivity contribution is 0.415. The molecule has 0 amide bonds. The van der Waals surface area contributed by atoms with E-state index in [1.165, 1.54) is 0 Å². The van der Waals surface area contributed by atoms with E-state index in [1.807, 2.05) is 0 Å². The zero-order valence-electron chi connectivity index (χ0n) is 12.0. The SMILES string of the molecule is COc1ccc2oc3c(oc4ccc(OC)cc43)c(=O)c2c1. The standard InChI is InChI=1S/C17H12O5/c1-19-9-3-5-13-11(7-9)15(18)17-16(21-13)12-8-10(20-2)4-6-14(12)22-17/h3-8H,1-2H3. The molecule has 0 spiro atoms. The van der Waals surface area contributed by atoms with Gasteiger partial charge in [0.15, 0.2) is 5.58 Å². The van der Waals surface area contributed by atoms with Crippen LogP contribution in [0.15, 0.2) is 50.0 Å². The number of hydrogen-bond donors (Lipinski definition) is 0. The van der Waals surface area contributed by atoms with Gasteiger partial charge in [-0.3, -0.25) is 4.79 Å². The van der Waals surface area contributed by atoms with Crippen LogP contribution >= 0.6 is 0 Å². The van der Waals surface area contributed by atoms with Gasteiger partial charge >= 0.3 is 0 Å². The highest BCUT2D eigenvalue weighted by Gasteiger charge is 2.16. The van der Waals surface area contributed by atoms with Crippen molar-refractivity contribution in [3.05, 3.63) is 46.6 Å². The van der Waals surface area contributed by atoms with E-state index in [2.05, 4.69) is 0 Å². The molecule has 22 heavy (non-hydrogen) atoms. The molecule has 110 valence electrons. The summed E-state index contributed by atoms with van der Waals surface area (Å²) >= 11 is 0. The van der Waals surface area contributed by atoms with E-state index in [1.54, 1.807) is 50.6 Å². The molecule has 4 aromatic rings. The molecule has 0 saturated heterocycles. The molecule has 2 aromatic heterocycles. The highest BCUT2D eigenvalue weighted by atomic mass is 16.5. The molecule has 5 nitrogen and oxygen atoms in total. The number of furan rings is 1. The van der Waals surface area contributed by atoms with Crippen molar-refractivity contribution < 1.29 is 18.3 Å². The minimum absolute atomic E-state index is 0.198. The van der Waals surface area contributed by atoms with Crippen molar-refractivity contribution in [2.24, 2.45) is 0 Å². The van der Waals surface area contributed by atoms with Crippen LogP contribution in [-0.2, 0) is 0 Å². The lowest BCUT2D eigenvalue weighted by atomic mass is 10.2. The summed E-state index contributed by atoms with van der Waals surface area (Å²) in [5.41, 5.74) is 1.48. The molecule has 0 fully saturated rings. The topological polar surface area (TPSA) is 61.8 Å². The highest BCUT2D eigenvalue weighted by molar-refractivity contribution is 6.04. The number of hydrogen-bond acceptors (Lipinski definition) is 5. The Hall–Kier alpha value is -2.95. The number of benzene rings is 2. The first-order valence-electron chi connectivity index (χ1n) is 6.72. The van der Waals surface area contributed by atoms with Gasteiger partial charge in [0.1, 0.15) is 22.7 Å². The van der Waals surface area contributed by atoms with E-state index in [0.717, 1.165) is 0 Å². The van der Waals surface area contributed by atoms with Gasteiger partial charge in [-0.15, -0.1) is 0 Å². The van der Waals surface area contributed by atoms with E-state index < -0.39 is 0 Å². The van der Waals surface area contributed by atoms with Crippen molar-refractivity contribution in [3.63, 3.8) is 0 Å². The second kappa shape index (κ2) is 4.53. The monoisotopic (exact) mass is 296 g/mol. The lowest BCUT2D eigenvalue weighted by Crippen LogP contribution is -2.00. The Morgan fingerprint density at radius 1 is 0.773 bits per heavy atom. The average Bonchev–Trinajstić information content (AvgIpc) is 2.93. The first-order chi connectivity index (χ1) is 10.7. The number of ether oxygens (including phenoxy) is 2. The third-order valence-electron chi connectivity index (χ3n) is 3.70. The molecule has 5 heteroatoms. The van der Waals surface area contributed by atoms with E-state index in [0.29, 0.717) is 39.0 Å².